The molecule has 1 fully saturated rings. The van der Waals surface area contributed by atoms with Crippen LogP contribution in [0.15, 0.2) is 0 Å². The topological polar surface area (TPSA) is 41.1 Å². The van der Waals surface area contributed by atoms with Gasteiger partial charge >= 0.3 is 0 Å². The van der Waals surface area contributed by atoms with Crippen LogP contribution in [0.4, 0.5) is 11.6 Å². The van der Waals surface area contributed by atoms with Gasteiger partial charge in [0.15, 0.2) is 0 Å². The highest BCUT2D eigenvalue weighted by atomic mass is 15.2. The Morgan fingerprint density at radius 2 is 2.11 bits per heavy atom. The van der Waals surface area contributed by atoms with Gasteiger partial charge in [0.2, 0.25) is 0 Å². The van der Waals surface area contributed by atoms with Gasteiger partial charge in [-0.05, 0) is 40.0 Å². The second-order valence-electron chi connectivity index (χ2n) is 5.18. The summed E-state index contributed by atoms with van der Waals surface area (Å²) in [6.07, 6.45) is 3.64. The summed E-state index contributed by atoms with van der Waals surface area (Å²) >= 11 is 0. The van der Waals surface area contributed by atoms with E-state index in [1.807, 2.05) is 6.92 Å². The maximum atomic E-state index is 4.65. The average Bonchev–Trinajstić information content (AvgIpc) is 2.76. The third-order valence-corrected chi connectivity index (χ3v) is 3.60. The zero-order valence-electron chi connectivity index (χ0n) is 12.0. The molecule has 4 nitrogen and oxygen atoms in total. The molecule has 4 heteroatoms. The van der Waals surface area contributed by atoms with Crippen LogP contribution in [-0.4, -0.2) is 29.1 Å². The average molecular weight is 248 g/mol. The highest BCUT2D eigenvalue weighted by Gasteiger charge is 2.24. The van der Waals surface area contributed by atoms with Gasteiger partial charge in [-0.1, -0.05) is 6.92 Å². The molecule has 1 atom stereocenters. The van der Waals surface area contributed by atoms with Crippen molar-refractivity contribution in [2.45, 2.75) is 53.0 Å². The van der Waals surface area contributed by atoms with Crippen LogP contribution in [0, 0.1) is 13.8 Å². The normalized spacial score (nSPS) is 19.3. The van der Waals surface area contributed by atoms with Crippen LogP contribution in [0.3, 0.4) is 0 Å². The number of aromatic nitrogens is 2. The Morgan fingerprint density at radius 1 is 1.33 bits per heavy atom. The molecule has 1 aliphatic heterocycles. The first-order valence-electron chi connectivity index (χ1n) is 6.99. The molecule has 1 N–H and O–H groups in total. The first-order valence-corrected chi connectivity index (χ1v) is 6.99. The molecule has 18 heavy (non-hydrogen) atoms. The summed E-state index contributed by atoms with van der Waals surface area (Å²) in [5, 5.41) is 3.40. The molecule has 0 bridgehead atoms. The molecule has 1 aromatic rings. The quantitative estimate of drug-likeness (QED) is 0.889. The summed E-state index contributed by atoms with van der Waals surface area (Å²) < 4.78 is 0. The van der Waals surface area contributed by atoms with E-state index in [0.717, 1.165) is 37.0 Å². The second-order valence-corrected chi connectivity index (χ2v) is 5.18. The molecule has 0 amide bonds. The minimum atomic E-state index is 0.594. The molecule has 100 valence electrons. The number of nitrogens with one attached hydrogen (secondary N) is 1. The van der Waals surface area contributed by atoms with Gasteiger partial charge in [0, 0.05) is 24.7 Å². The molecule has 0 aliphatic carbocycles. The van der Waals surface area contributed by atoms with E-state index in [1.54, 1.807) is 0 Å². The van der Waals surface area contributed by atoms with Gasteiger partial charge in [0.1, 0.15) is 17.5 Å². The van der Waals surface area contributed by atoms with Crippen LogP contribution in [0.1, 0.15) is 44.5 Å². The van der Waals surface area contributed by atoms with E-state index in [-0.39, 0.29) is 0 Å². The first kappa shape index (κ1) is 13.1. The minimum Gasteiger partial charge on any atom is -0.370 e. The molecular formula is C14H24N4. The van der Waals surface area contributed by atoms with Gasteiger partial charge in [-0.25, -0.2) is 9.97 Å². The second kappa shape index (κ2) is 5.55. The molecule has 1 saturated heterocycles. The summed E-state index contributed by atoms with van der Waals surface area (Å²) in [4.78, 5) is 11.6. The maximum absolute atomic E-state index is 4.65. The molecule has 2 rings (SSSR count). The van der Waals surface area contributed by atoms with Crippen molar-refractivity contribution < 1.29 is 0 Å². The maximum Gasteiger partial charge on any atom is 0.137 e. The Balaban J connectivity index is 2.31. The monoisotopic (exact) mass is 248 g/mol. The Labute approximate surface area is 110 Å². The van der Waals surface area contributed by atoms with Crippen LogP contribution < -0.4 is 10.2 Å². The number of anilines is 2. The lowest BCUT2D eigenvalue weighted by atomic mass is 10.2. The lowest BCUT2D eigenvalue weighted by Gasteiger charge is -2.25. The molecule has 0 saturated carbocycles. The lowest BCUT2D eigenvalue weighted by molar-refractivity contribution is 0.721. The Morgan fingerprint density at radius 3 is 2.72 bits per heavy atom. The molecule has 1 unspecified atom stereocenters. The molecule has 0 spiro atoms. The Hall–Kier alpha value is -1.32. The SMILES string of the molecule is CCCNc1nc(C)nc(N2CCCC2C)c1C. The van der Waals surface area contributed by atoms with Crippen molar-refractivity contribution in [3.05, 3.63) is 11.4 Å². The standard InChI is InChI=1S/C14H24N4/c1-5-8-15-13-11(3)14(17-12(4)16-13)18-9-6-7-10(18)2/h10H,5-9H2,1-4H3,(H,15,16,17). The van der Waals surface area contributed by atoms with Gasteiger partial charge in [-0.2, -0.15) is 0 Å². The van der Waals surface area contributed by atoms with E-state index in [2.05, 4.69) is 41.0 Å². The Bertz CT molecular complexity index is 417. The third kappa shape index (κ3) is 2.57. The van der Waals surface area contributed by atoms with Gasteiger partial charge in [0.05, 0.1) is 0 Å². The lowest BCUT2D eigenvalue weighted by Crippen LogP contribution is -2.28. The number of aryl methyl sites for hydroxylation is 1. The van der Waals surface area contributed by atoms with E-state index < -0.39 is 0 Å². The summed E-state index contributed by atoms with van der Waals surface area (Å²) in [5.41, 5.74) is 1.18. The summed E-state index contributed by atoms with van der Waals surface area (Å²) in [6.45, 7) is 10.6. The largest absolute Gasteiger partial charge is 0.370 e. The van der Waals surface area contributed by atoms with Crippen LogP contribution >= 0.6 is 0 Å². The van der Waals surface area contributed by atoms with Gasteiger partial charge in [-0.15, -0.1) is 0 Å². The van der Waals surface area contributed by atoms with E-state index in [1.165, 1.54) is 18.4 Å². The predicted octanol–water partition coefficient (Wildman–Crippen LogP) is 2.90. The summed E-state index contributed by atoms with van der Waals surface area (Å²) in [5.74, 6) is 2.97. The summed E-state index contributed by atoms with van der Waals surface area (Å²) in [6, 6.07) is 0.594. The molecule has 0 aromatic carbocycles. The van der Waals surface area contributed by atoms with Crippen LogP contribution in [0.5, 0.6) is 0 Å². The summed E-state index contributed by atoms with van der Waals surface area (Å²) in [7, 11) is 0. The molecule has 1 aliphatic rings. The zero-order valence-corrected chi connectivity index (χ0v) is 12.0. The van der Waals surface area contributed by atoms with Crippen molar-refractivity contribution in [1.29, 1.82) is 0 Å². The highest BCUT2D eigenvalue weighted by Crippen LogP contribution is 2.29. The van der Waals surface area contributed by atoms with Crippen molar-refractivity contribution in [2.24, 2.45) is 0 Å². The zero-order chi connectivity index (χ0) is 13.1. The number of hydrogen-bond donors (Lipinski definition) is 1. The van der Waals surface area contributed by atoms with Gasteiger partial charge in [-0.3, -0.25) is 0 Å². The smallest absolute Gasteiger partial charge is 0.137 e. The van der Waals surface area contributed by atoms with Gasteiger partial charge < -0.3 is 10.2 Å². The minimum absolute atomic E-state index is 0.594. The molecule has 1 aromatic heterocycles. The van der Waals surface area contributed by atoms with Crippen LogP contribution in [-0.2, 0) is 0 Å². The van der Waals surface area contributed by atoms with E-state index in [0.29, 0.717) is 6.04 Å². The van der Waals surface area contributed by atoms with E-state index in [4.69, 9.17) is 0 Å². The fraction of sp³-hybridized carbons (Fsp3) is 0.714. The van der Waals surface area contributed by atoms with Crippen molar-refractivity contribution >= 4 is 11.6 Å². The molecular weight excluding hydrogens is 224 g/mol. The fourth-order valence-corrected chi connectivity index (χ4v) is 2.56. The Kier molecular flexibility index (Phi) is 4.04. The van der Waals surface area contributed by atoms with Crippen molar-refractivity contribution in [3.63, 3.8) is 0 Å². The first-order chi connectivity index (χ1) is 8.63. The number of nitrogens with zero attached hydrogens (tertiary/aromatic N) is 3. The van der Waals surface area contributed by atoms with E-state index >= 15 is 0 Å². The highest BCUT2D eigenvalue weighted by molar-refractivity contribution is 5.59. The molecule has 2 heterocycles. The van der Waals surface area contributed by atoms with Crippen molar-refractivity contribution in [2.75, 3.05) is 23.3 Å². The predicted molar refractivity (Wildman–Crippen MR) is 76.3 cm³/mol. The van der Waals surface area contributed by atoms with E-state index in [9.17, 15) is 0 Å². The molecule has 0 radical (unpaired) electrons. The van der Waals surface area contributed by atoms with Gasteiger partial charge in [0.25, 0.3) is 0 Å². The van der Waals surface area contributed by atoms with Crippen molar-refractivity contribution in [1.82, 2.24) is 9.97 Å². The van der Waals surface area contributed by atoms with Crippen molar-refractivity contribution in [3.8, 4) is 0 Å². The number of rotatable bonds is 4. The fourth-order valence-electron chi connectivity index (χ4n) is 2.56. The van der Waals surface area contributed by atoms with Crippen LogP contribution in [0.25, 0.3) is 0 Å². The third-order valence-electron chi connectivity index (χ3n) is 3.60. The van der Waals surface area contributed by atoms with Crippen LogP contribution in [0.2, 0.25) is 0 Å². The number of hydrogen-bond acceptors (Lipinski definition) is 4.